The Morgan fingerprint density at radius 2 is 1.60 bits per heavy atom. The molecule has 6 heteroatoms. The monoisotopic (exact) mass is 368 g/mol. The van der Waals surface area contributed by atoms with Gasteiger partial charge in [0.2, 0.25) is 15.9 Å². The van der Waals surface area contributed by atoms with E-state index in [1.54, 1.807) is 0 Å². The van der Waals surface area contributed by atoms with E-state index in [2.05, 4.69) is 5.32 Å². The Bertz CT molecular complexity index is 645. The Balaban J connectivity index is 3.04. The predicted molar refractivity (Wildman–Crippen MR) is 104 cm³/mol. The van der Waals surface area contributed by atoms with Crippen molar-refractivity contribution < 1.29 is 13.2 Å². The summed E-state index contributed by atoms with van der Waals surface area (Å²) in [4.78, 5) is 12.1. The summed E-state index contributed by atoms with van der Waals surface area (Å²) in [5, 5.41) is 2.89. The Morgan fingerprint density at radius 1 is 1.08 bits per heavy atom. The number of amides is 1. The molecule has 1 N–H and O–H groups in total. The van der Waals surface area contributed by atoms with Gasteiger partial charge in [-0.15, -0.1) is 0 Å². The highest BCUT2D eigenvalue weighted by atomic mass is 32.2. The summed E-state index contributed by atoms with van der Waals surface area (Å²) in [6.07, 6.45) is 4.32. The van der Waals surface area contributed by atoms with Crippen LogP contribution < -0.4 is 9.62 Å². The normalized spacial score (nSPS) is 11.6. The molecule has 0 radical (unpaired) electrons. The van der Waals surface area contributed by atoms with Gasteiger partial charge in [-0.2, -0.15) is 0 Å². The number of para-hydroxylation sites is 1. The molecule has 1 aromatic rings. The summed E-state index contributed by atoms with van der Waals surface area (Å²) in [6, 6.07) is 5.90. The molecule has 0 saturated heterocycles. The lowest BCUT2D eigenvalue weighted by Crippen LogP contribution is -2.40. The Hall–Kier alpha value is -1.56. The summed E-state index contributed by atoms with van der Waals surface area (Å²) in [7, 11) is -3.43. The Labute approximate surface area is 152 Å². The number of rotatable bonds is 10. The molecular formula is C19H32N2O3S. The molecule has 0 atom stereocenters. The highest BCUT2D eigenvalue weighted by molar-refractivity contribution is 7.92. The van der Waals surface area contributed by atoms with Crippen LogP contribution in [0.3, 0.4) is 0 Å². The van der Waals surface area contributed by atoms with Crippen LogP contribution in [0.5, 0.6) is 0 Å². The Kier molecular flexibility index (Phi) is 8.42. The SMILES string of the molecule is CCc1cccc(CC)c1N(CCNC(=O)C(CC)CC)S(C)(=O)=O. The summed E-state index contributed by atoms with van der Waals surface area (Å²) in [5.74, 6) is -0.0150. The molecule has 0 bridgehead atoms. The van der Waals surface area contributed by atoms with E-state index in [-0.39, 0.29) is 18.4 Å². The summed E-state index contributed by atoms with van der Waals surface area (Å²) in [5.41, 5.74) is 2.79. The molecule has 0 fully saturated rings. The number of benzene rings is 1. The highest BCUT2D eigenvalue weighted by Gasteiger charge is 2.23. The van der Waals surface area contributed by atoms with Crippen LogP contribution in [0, 0.1) is 5.92 Å². The van der Waals surface area contributed by atoms with Gasteiger partial charge in [-0.1, -0.05) is 45.9 Å². The lowest BCUT2D eigenvalue weighted by Gasteiger charge is -2.27. The van der Waals surface area contributed by atoms with E-state index in [9.17, 15) is 13.2 Å². The molecule has 0 unspecified atom stereocenters. The van der Waals surface area contributed by atoms with Gasteiger partial charge in [-0.3, -0.25) is 9.10 Å². The van der Waals surface area contributed by atoms with Crippen LogP contribution in [-0.2, 0) is 27.7 Å². The smallest absolute Gasteiger partial charge is 0.232 e. The third kappa shape index (κ3) is 5.73. The van der Waals surface area contributed by atoms with Crippen LogP contribution in [0.25, 0.3) is 0 Å². The third-order valence-electron chi connectivity index (χ3n) is 4.59. The summed E-state index contributed by atoms with van der Waals surface area (Å²) < 4.78 is 26.2. The molecule has 0 spiro atoms. The van der Waals surface area contributed by atoms with E-state index >= 15 is 0 Å². The number of nitrogens with zero attached hydrogens (tertiary/aromatic N) is 1. The van der Waals surface area contributed by atoms with Gasteiger partial charge in [-0.25, -0.2) is 8.42 Å². The average Bonchev–Trinajstić information content (AvgIpc) is 2.58. The van der Waals surface area contributed by atoms with Crippen molar-refractivity contribution >= 4 is 21.6 Å². The van der Waals surface area contributed by atoms with Crippen molar-refractivity contribution in [2.75, 3.05) is 23.7 Å². The molecule has 1 aromatic carbocycles. The molecule has 0 aromatic heterocycles. The molecule has 0 aliphatic heterocycles. The number of nitrogens with one attached hydrogen (secondary N) is 1. The third-order valence-corrected chi connectivity index (χ3v) is 5.75. The van der Waals surface area contributed by atoms with Crippen LogP contribution in [0.4, 0.5) is 5.69 Å². The first kappa shape index (κ1) is 21.5. The first-order valence-corrected chi connectivity index (χ1v) is 11.0. The minimum Gasteiger partial charge on any atom is -0.354 e. The largest absolute Gasteiger partial charge is 0.354 e. The molecule has 0 aliphatic carbocycles. The van der Waals surface area contributed by atoms with Gasteiger partial charge in [0.15, 0.2) is 0 Å². The van der Waals surface area contributed by atoms with Crippen LogP contribution in [0.15, 0.2) is 18.2 Å². The van der Waals surface area contributed by atoms with Crippen molar-refractivity contribution in [3.05, 3.63) is 29.3 Å². The van der Waals surface area contributed by atoms with E-state index in [1.165, 1.54) is 10.6 Å². The van der Waals surface area contributed by atoms with E-state index in [1.807, 2.05) is 45.9 Å². The van der Waals surface area contributed by atoms with Crippen LogP contribution >= 0.6 is 0 Å². The maximum absolute atomic E-state index is 12.4. The van der Waals surface area contributed by atoms with E-state index in [0.717, 1.165) is 42.5 Å². The predicted octanol–water partition coefficient (Wildman–Crippen LogP) is 3.13. The number of carbonyl (C=O) groups is 1. The first-order chi connectivity index (χ1) is 11.8. The van der Waals surface area contributed by atoms with Gasteiger partial charge in [0.05, 0.1) is 18.5 Å². The quantitative estimate of drug-likeness (QED) is 0.690. The lowest BCUT2D eigenvalue weighted by atomic mass is 10.0. The number of aryl methyl sites for hydroxylation is 2. The highest BCUT2D eigenvalue weighted by Crippen LogP contribution is 2.28. The summed E-state index contributed by atoms with van der Waals surface area (Å²) >= 11 is 0. The Morgan fingerprint density at radius 3 is 2.00 bits per heavy atom. The zero-order valence-corrected chi connectivity index (χ0v) is 16.9. The molecule has 25 heavy (non-hydrogen) atoms. The van der Waals surface area contributed by atoms with Crippen molar-refractivity contribution in [2.24, 2.45) is 5.92 Å². The number of sulfonamides is 1. The zero-order valence-electron chi connectivity index (χ0n) is 16.1. The van der Waals surface area contributed by atoms with E-state index < -0.39 is 10.0 Å². The molecule has 142 valence electrons. The number of hydrogen-bond donors (Lipinski definition) is 1. The minimum atomic E-state index is -3.43. The zero-order chi connectivity index (χ0) is 19.0. The molecule has 0 saturated carbocycles. The molecule has 5 nitrogen and oxygen atoms in total. The van der Waals surface area contributed by atoms with Gasteiger partial charge in [0, 0.05) is 12.5 Å². The van der Waals surface area contributed by atoms with Crippen molar-refractivity contribution in [3.8, 4) is 0 Å². The second-order valence-electron chi connectivity index (χ2n) is 6.27. The molecule has 0 aliphatic rings. The average molecular weight is 369 g/mol. The minimum absolute atomic E-state index is 0.00190. The van der Waals surface area contributed by atoms with Crippen molar-refractivity contribution in [2.45, 2.75) is 53.4 Å². The van der Waals surface area contributed by atoms with Crippen LogP contribution in [-0.4, -0.2) is 33.7 Å². The van der Waals surface area contributed by atoms with Crippen molar-refractivity contribution in [3.63, 3.8) is 0 Å². The second kappa shape index (κ2) is 9.80. The number of anilines is 1. The fourth-order valence-corrected chi connectivity index (χ4v) is 4.05. The maximum Gasteiger partial charge on any atom is 0.232 e. The molecule has 1 rings (SSSR count). The topological polar surface area (TPSA) is 66.5 Å². The molecule has 1 amide bonds. The molecule has 0 heterocycles. The summed E-state index contributed by atoms with van der Waals surface area (Å²) in [6.45, 7) is 8.57. The van der Waals surface area contributed by atoms with Crippen molar-refractivity contribution in [1.82, 2.24) is 5.32 Å². The lowest BCUT2D eigenvalue weighted by molar-refractivity contribution is -0.125. The fourth-order valence-electron chi connectivity index (χ4n) is 3.06. The standard InChI is InChI=1S/C19H32N2O3S/c1-6-15(7-2)19(22)20-13-14-21(25(5,23)24)18-16(8-3)11-10-12-17(18)9-4/h10-12,15H,6-9,13-14H2,1-5H3,(H,20,22). The van der Waals surface area contributed by atoms with E-state index in [0.29, 0.717) is 6.54 Å². The molecular weight excluding hydrogens is 336 g/mol. The first-order valence-electron chi connectivity index (χ1n) is 9.16. The van der Waals surface area contributed by atoms with Gasteiger partial charge < -0.3 is 5.32 Å². The number of carbonyl (C=O) groups excluding carboxylic acids is 1. The van der Waals surface area contributed by atoms with Gasteiger partial charge >= 0.3 is 0 Å². The fraction of sp³-hybridized carbons (Fsp3) is 0.632. The number of hydrogen-bond acceptors (Lipinski definition) is 3. The van der Waals surface area contributed by atoms with Crippen molar-refractivity contribution in [1.29, 1.82) is 0 Å². The van der Waals surface area contributed by atoms with Gasteiger partial charge in [0.25, 0.3) is 0 Å². The van der Waals surface area contributed by atoms with Gasteiger partial charge in [0.1, 0.15) is 0 Å². The second-order valence-corrected chi connectivity index (χ2v) is 8.18. The van der Waals surface area contributed by atoms with Gasteiger partial charge in [-0.05, 0) is 36.8 Å². The van der Waals surface area contributed by atoms with Crippen LogP contribution in [0.1, 0.15) is 51.7 Å². The van der Waals surface area contributed by atoms with Crippen LogP contribution in [0.2, 0.25) is 0 Å². The maximum atomic E-state index is 12.4. The van der Waals surface area contributed by atoms with E-state index in [4.69, 9.17) is 0 Å².